The lowest BCUT2D eigenvalue weighted by molar-refractivity contribution is 0.0997. The van der Waals surface area contributed by atoms with Gasteiger partial charge in [-0.1, -0.05) is 30.7 Å². The smallest absolute Gasteiger partial charge is 0.291 e. The fourth-order valence-electron chi connectivity index (χ4n) is 3.46. The van der Waals surface area contributed by atoms with Crippen molar-refractivity contribution in [3.05, 3.63) is 93.0 Å². The Morgan fingerprint density at radius 2 is 1.91 bits per heavy atom. The zero-order valence-electron chi connectivity index (χ0n) is 18.0. The minimum Gasteiger partial charge on any atom is -0.459 e. The molecule has 3 heterocycles. The Labute approximate surface area is 195 Å². The molecule has 1 aromatic carbocycles. The Balaban J connectivity index is 1.78. The van der Waals surface area contributed by atoms with Gasteiger partial charge in [-0.25, -0.2) is 9.97 Å². The number of hydrogen-bond acceptors (Lipinski definition) is 6. The number of benzene rings is 1. The van der Waals surface area contributed by atoms with Gasteiger partial charge in [0.15, 0.2) is 5.76 Å². The van der Waals surface area contributed by atoms with Crippen LogP contribution in [0.1, 0.15) is 50.9 Å². The Kier molecular flexibility index (Phi) is 6.58. The Morgan fingerprint density at radius 3 is 2.56 bits per heavy atom. The molecular formula is C24H23ClN4O2S. The summed E-state index contributed by atoms with van der Waals surface area (Å²) in [7, 11) is 0. The second kappa shape index (κ2) is 9.54. The predicted molar refractivity (Wildman–Crippen MR) is 129 cm³/mol. The highest BCUT2D eigenvalue weighted by Gasteiger charge is 2.24. The van der Waals surface area contributed by atoms with Gasteiger partial charge in [-0.05, 0) is 62.2 Å². The molecule has 0 bridgehead atoms. The maximum Gasteiger partial charge on any atom is 0.291 e. The number of furan rings is 1. The van der Waals surface area contributed by atoms with Crippen LogP contribution in [0.3, 0.4) is 0 Å². The lowest BCUT2D eigenvalue weighted by atomic mass is 10.00. The molecule has 1 unspecified atom stereocenters. The molecular weight excluding hydrogens is 444 g/mol. The highest BCUT2D eigenvalue weighted by atomic mass is 35.5. The zero-order chi connectivity index (χ0) is 22.7. The quantitative estimate of drug-likeness (QED) is 0.328. The van der Waals surface area contributed by atoms with Crippen LogP contribution in [0.5, 0.6) is 0 Å². The first kappa shape index (κ1) is 22.0. The molecule has 0 radical (unpaired) electrons. The molecule has 0 saturated heterocycles. The van der Waals surface area contributed by atoms with E-state index in [1.54, 1.807) is 23.5 Å². The highest BCUT2D eigenvalue weighted by molar-refractivity contribution is 7.16. The Bertz CT molecular complexity index is 1220. The summed E-state index contributed by atoms with van der Waals surface area (Å²) in [6.45, 7) is 5.95. The maximum absolute atomic E-state index is 12.7. The van der Waals surface area contributed by atoms with E-state index < -0.39 is 0 Å². The third-order valence-electron chi connectivity index (χ3n) is 4.88. The van der Waals surface area contributed by atoms with Crippen molar-refractivity contribution < 1.29 is 9.21 Å². The number of thiophene rings is 1. The van der Waals surface area contributed by atoms with Crippen molar-refractivity contribution >= 4 is 39.8 Å². The first-order valence-corrected chi connectivity index (χ1v) is 11.4. The molecule has 0 spiro atoms. The van der Waals surface area contributed by atoms with Gasteiger partial charge in [-0.2, -0.15) is 0 Å². The van der Waals surface area contributed by atoms with E-state index >= 15 is 0 Å². The summed E-state index contributed by atoms with van der Waals surface area (Å²) in [6.07, 6.45) is 2.33. The summed E-state index contributed by atoms with van der Waals surface area (Å²) in [5, 5.41) is 7.84. The molecule has 0 aliphatic carbocycles. The minimum atomic E-state index is -0.321. The monoisotopic (exact) mass is 466 g/mol. The van der Waals surface area contributed by atoms with Crippen LogP contribution in [0, 0.1) is 13.8 Å². The van der Waals surface area contributed by atoms with Gasteiger partial charge in [0.25, 0.3) is 5.91 Å². The molecule has 1 atom stereocenters. The van der Waals surface area contributed by atoms with Crippen LogP contribution in [-0.4, -0.2) is 15.9 Å². The molecule has 164 valence electrons. The largest absolute Gasteiger partial charge is 0.459 e. The highest BCUT2D eigenvalue weighted by Crippen LogP contribution is 2.38. The van der Waals surface area contributed by atoms with Gasteiger partial charge in [-0.3, -0.25) is 4.79 Å². The number of amides is 1. The number of nitrogens with one attached hydrogen (secondary N) is 2. The van der Waals surface area contributed by atoms with Gasteiger partial charge in [0.2, 0.25) is 5.95 Å². The number of nitrogens with zero attached hydrogens (tertiary/aromatic N) is 2. The Morgan fingerprint density at radius 1 is 1.12 bits per heavy atom. The third kappa shape index (κ3) is 5.00. The summed E-state index contributed by atoms with van der Waals surface area (Å²) in [5.74, 6) is 0.473. The summed E-state index contributed by atoms with van der Waals surface area (Å²) in [5.41, 5.74) is 3.59. The van der Waals surface area contributed by atoms with Crippen molar-refractivity contribution in [2.24, 2.45) is 0 Å². The summed E-state index contributed by atoms with van der Waals surface area (Å²) >= 11 is 7.86. The van der Waals surface area contributed by atoms with Crippen LogP contribution in [0.4, 0.5) is 10.9 Å². The van der Waals surface area contributed by atoms with Gasteiger partial charge >= 0.3 is 0 Å². The second-order valence-electron chi connectivity index (χ2n) is 7.39. The molecule has 4 aromatic rings. The summed E-state index contributed by atoms with van der Waals surface area (Å²) in [6, 6.07) is 14.7. The zero-order valence-corrected chi connectivity index (χ0v) is 19.6. The molecule has 6 nitrogen and oxygen atoms in total. The summed E-state index contributed by atoms with van der Waals surface area (Å²) in [4.78, 5) is 23.0. The number of aryl methyl sites for hydroxylation is 3. The van der Waals surface area contributed by atoms with Crippen molar-refractivity contribution in [1.82, 2.24) is 9.97 Å². The van der Waals surface area contributed by atoms with E-state index in [2.05, 4.69) is 33.6 Å². The van der Waals surface area contributed by atoms with Crippen molar-refractivity contribution in [2.75, 3.05) is 10.6 Å². The minimum absolute atomic E-state index is 0.257. The van der Waals surface area contributed by atoms with Crippen LogP contribution >= 0.6 is 22.9 Å². The third-order valence-corrected chi connectivity index (χ3v) is 6.33. The molecule has 0 fully saturated rings. The van der Waals surface area contributed by atoms with Crippen LogP contribution < -0.4 is 10.6 Å². The molecule has 4 rings (SSSR count). The predicted octanol–water partition coefficient (Wildman–Crippen LogP) is 6.42. The standard InChI is InChI=1S/C24H23ClN4O2S/c1-4-18-13-19(23(32-18)29-22(30)20-9-6-10-31-20)21(16-7-5-8-17(25)12-16)28-24-26-14(2)11-15(3)27-24/h5-13,21H,4H2,1-3H3,(H,29,30)(H,26,27,28). The Hall–Kier alpha value is -3.16. The molecule has 3 aromatic heterocycles. The number of anilines is 2. The summed E-state index contributed by atoms with van der Waals surface area (Å²) < 4.78 is 5.26. The van der Waals surface area contributed by atoms with E-state index in [-0.39, 0.29) is 17.7 Å². The van der Waals surface area contributed by atoms with Crippen LogP contribution in [0.2, 0.25) is 5.02 Å². The number of aromatic nitrogens is 2. The van der Waals surface area contributed by atoms with E-state index in [0.29, 0.717) is 11.0 Å². The average Bonchev–Trinajstić information content (AvgIpc) is 3.41. The number of rotatable bonds is 7. The lowest BCUT2D eigenvalue weighted by Crippen LogP contribution is -2.18. The van der Waals surface area contributed by atoms with E-state index in [9.17, 15) is 4.79 Å². The second-order valence-corrected chi connectivity index (χ2v) is 8.96. The molecule has 0 aliphatic heterocycles. The number of hydrogen-bond donors (Lipinski definition) is 2. The molecule has 32 heavy (non-hydrogen) atoms. The molecule has 1 amide bonds. The fraction of sp³-hybridized carbons (Fsp3) is 0.208. The average molecular weight is 467 g/mol. The lowest BCUT2D eigenvalue weighted by Gasteiger charge is -2.21. The van der Waals surface area contributed by atoms with Gasteiger partial charge in [-0.15, -0.1) is 11.3 Å². The molecule has 2 N–H and O–H groups in total. The van der Waals surface area contributed by atoms with E-state index in [1.807, 2.05) is 44.2 Å². The first-order valence-electron chi connectivity index (χ1n) is 10.2. The van der Waals surface area contributed by atoms with Gasteiger partial charge < -0.3 is 15.1 Å². The van der Waals surface area contributed by atoms with Crippen molar-refractivity contribution in [3.63, 3.8) is 0 Å². The van der Waals surface area contributed by atoms with Gasteiger partial charge in [0, 0.05) is 26.9 Å². The topological polar surface area (TPSA) is 80.0 Å². The molecule has 8 heteroatoms. The number of carbonyl (C=O) groups is 1. The molecule has 0 aliphatic rings. The molecule has 0 saturated carbocycles. The fourth-order valence-corrected chi connectivity index (χ4v) is 4.69. The number of carbonyl (C=O) groups excluding carboxylic acids is 1. The van der Waals surface area contributed by atoms with Crippen molar-refractivity contribution in [1.29, 1.82) is 0 Å². The van der Waals surface area contributed by atoms with Crippen LogP contribution in [0.15, 0.2) is 59.2 Å². The van der Waals surface area contributed by atoms with Crippen molar-refractivity contribution in [3.8, 4) is 0 Å². The van der Waals surface area contributed by atoms with Crippen LogP contribution in [-0.2, 0) is 6.42 Å². The van der Waals surface area contributed by atoms with E-state index in [4.69, 9.17) is 16.0 Å². The van der Waals surface area contributed by atoms with Gasteiger partial charge in [0.1, 0.15) is 5.00 Å². The maximum atomic E-state index is 12.7. The van der Waals surface area contributed by atoms with Gasteiger partial charge in [0.05, 0.1) is 12.3 Å². The first-order chi connectivity index (χ1) is 15.4. The van der Waals surface area contributed by atoms with Crippen LogP contribution in [0.25, 0.3) is 0 Å². The van der Waals surface area contributed by atoms with Crippen molar-refractivity contribution in [2.45, 2.75) is 33.2 Å². The van der Waals surface area contributed by atoms with E-state index in [1.165, 1.54) is 6.26 Å². The van der Waals surface area contributed by atoms with E-state index in [0.717, 1.165) is 38.8 Å². The number of halogens is 1. The normalized spacial score (nSPS) is 11.9. The SMILES string of the molecule is CCc1cc(C(Nc2nc(C)cc(C)n2)c2cccc(Cl)c2)c(NC(=O)c2ccco2)s1.